The number of rotatable bonds is 0. The van der Waals surface area contributed by atoms with Crippen molar-refractivity contribution in [2.75, 3.05) is 0 Å². The molecular formula is H2BaF8Y. The van der Waals surface area contributed by atoms with Crippen LogP contribution < -0.4 is 0 Å². The van der Waals surface area contributed by atoms with Gasteiger partial charge in [0.2, 0.25) is 0 Å². The van der Waals surface area contributed by atoms with E-state index < -0.39 is 24.3 Å². The van der Waals surface area contributed by atoms with Crippen LogP contribution in [-0.4, -0.2) is 48.9 Å². The molecule has 10 heteroatoms. The van der Waals surface area contributed by atoms with E-state index in [4.69, 9.17) is 0 Å². The zero-order chi connectivity index (χ0) is 8.35. The molecule has 63 valence electrons. The van der Waals surface area contributed by atoms with Crippen LogP contribution in [0.25, 0.3) is 0 Å². The summed E-state index contributed by atoms with van der Waals surface area (Å²) in [5, 5.41) is 0. The monoisotopic (exact) mass is 381 g/mol. The summed E-state index contributed by atoms with van der Waals surface area (Å²) in [7, 11) is 0. The molecule has 0 aromatic rings. The van der Waals surface area contributed by atoms with Gasteiger partial charge in [-0.1, -0.05) is 0 Å². The van der Waals surface area contributed by atoms with Gasteiger partial charge in [-0.15, -0.1) is 0 Å². The van der Waals surface area contributed by atoms with E-state index in [0.29, 0.717) is 0 Å². The molecule has 0 bridgehead atoms. The summed E-state index contributed by atoms with van der Waals surface area (Å²) >= 11 is -15.4. The zero-order valence-electron chi connectivity index (χ0n) is 3.60. The molecule has 0 atom stereocenters. The van der Waals surface area contributed by atoms with Crippen LogP contribution >= 0.6 is 0 Å². The minimum absolute atomic E-state index is 0. The zero-order valence-corrected chi connectivity index (χ0v) is 6.44. The second kappa shape index (κ2) is 1.25. The minimum atomic E-state index is -15.4. The van der Waals surface area contributed by atoms with Gasteiger partial charge in [-0.25, -0.2) is 0 Å². The summed E-state index contributed by atoms with van der Waals surface area (Å²) in [6.07, 6.45) is 0. The van der Waals surface area contributed by atoms with Crippen molar-refractivity contribution in [2.45, 2.75) is 0 Å². The summed E-state index contributed by atoms with van der Waals surface area (Å²) in [6.45, 7) is 0. The molecule has 0 amide bonds. The fraction of sp³-hybridized carbons (Fsp3) is 0. The molecule has 0 fully saturated rings. The molecule has 0 unspecified atom stereocenters. The number of hydrogen-bond donors (Lipinski definition) is 0. The van der Waals surface area contributed by atoms with Crippen molar-refractivity contribution < 1.29 is 39.7 Å². The fourth-order valence-corrected chi connectivity index (χ4v) is 0. The van der Waals surface area contributed by atoms with Crippen LogP contribution in [0.3, 0.4) is 0 Å². The van der Waals surface area contributed by atoms with E-state index in [2.05, 4.69) is 0 Å². The van der Waals surface area contributed by atoms with Crippen LogP contribution in [0.4, 0.5) is 15.4 Å². The Morgan fingerprint density at radius 1 is 0.500 bits per heavy atom. The van der Waals surface area contributed by atoms with Crippen molar-refractivity contribution in [1.29, 1.82) is 0 Å². The fourth-order valence-electron chi connectivity index (χ4n) is 0. The molecule has 0 N–H and O–H groups in total. The predicted octanol–water partition coefficient (Wildman–Crippen LogP) is 2.44. The van der Waals surface area contributed by atoms with Crippen LogP contribution in [0.2, 0.25) is 0 Å². The predicted molar refractivity (Wildman–Crippen MR) is 17.4 cm³/mol. The van der Waals surface area contributed by atoms with E-state index in [-0.39, 0.29) is 48.9 Å². The van der Waals surface area contributed by atoms with Crippen molar-refractivity contribution in [2.24, 2.45) is 0 Å². The Labute approximate surface area is 86.5 Å². The molecular weight excluding hydrogens is 378 g/mol. The summed E-state index contributed by atoms with van der Waals surface area (Å²) in [6, 6.07) is 0. The van der Waals surface area contributed by atoms with Crippen molar-refractivity contribution in [1.82, 2.24) is 0 Å². The Morgan fingerprint density at radius 2 is 0.500 bits per heavy atom. The first-order valence-corrected chi connectivity index (χ1v) is 10.3. The van der Waals surface area contributed by atoms with Crippen molar-refractivity contribution in [3.8, 4) is 0 Å². The Balaban J connectivity index is 0. The number of hydrogen-bond acceptors (Lipinski definition) is 0. The third-order valence-corrected chi connectivity index (χ3v) is 0. The molecule has 0 saturated carbocycles. The molecule has 0 aromatic heterocycles. The molecule has 0 aliphatic rings. The first kappa shape index (κ1) is 14.6. The molecule has 0 nitrogen and oxygen atoms in total. The molecule has 0 aliphatic heterocycles. The van der Waals surface area contributed by atoms with E-state index >= 15 is 0 Å². The second-order valence-corrected chi connectivity index (χ2v) is 13.7. The summed E-state index contributed by atoms with van der Waals surface area (Å²) in [5.74, 6) is 0. The molecule has 10 heavy (non-hydrogen) atoms. The van der Waals surface area contributed by atoms with E-state index in [0.717, 1.165) is 0 Å². The maximum atomic E-state index is 9.95. The van der Waals surface area contributed by atoms with Gasteiger partial charge in [-0.2, -0.15) is 0 Å². The van der Waals surface area contributed by atoms with Gasteiger partial charge < -0.3 is 0 Å². The van der Waals surface area contributed by atoms with E-state index in [1.54, 1.807) is 0 Å². The first-order chi connectivity index (χ1) is 2.83. The van der Waals surface area contributed by atoms with E-state index in [9.17, 15) is 15.4 Å². The van der Waals surface area contributed by atoms with Gasteiger partial charge in [0.1, 0.15) is 0 Å². The molecule has 0 aromatic carbocycles. The van der Waals surface area contributed by atoms with Crippen molar-refractivity contribution >= 4 is 48.9 Å². The average molecular weight is 380 g/mol. The van der Waals surface area contributed by atoms with Gasteiger partial charge in [0.15, 0.2) is 0 Å². The molecule has 0 aliphatic carbocycles. The van der Waals surface area contributed by atoms with Gasteiger partial charge >= 0.3 is 88.6 Å². The summed E-state index contributed by atoms with van der Waals surface area (Å²) in [4.78, 5) is 0. The van der Waals surface area contributed by atoms with Crippen LogP contribution in [0, 0.1) is 0 Å². The van der Waals surface area contributed by atoms with Gasteiger partial charge in [-0.05, 0) is 0 Å². The Hall–Kier alpha value is 2.12. The van der Waals surface area contributed by atoms with Crippen LogP contribution in [0.15, 0.2) is 0 Å². The molecule has 0 radical (unpaired) electrons. The third kappa shape index (κ3) is 188. The van der Waals surface area contributed by atoms with Gasteiger partial charge in [0.05, 0.1) is 0 Å². The van der Waals surface area contributed by atoms with Crippen LogP contribution in [0.1, 0.15) is 0 Å². The van der Waals surface area contributed by atoms with Crippen LogP contribution in [-0.2, 0) is 24.3 Å². The molecule has 0 rings (SSSR count). The quantitative estimate of drug-likeness (QED) is 0.448. The van der Waals surface area contributed by atoms with E-state index in [1.807, 2.05) is 0 Å². The number of halogens is 8. The molecule has 0 saturated heterocycles. The van der Waals surface area contributed by atoms with E-state index in [1.165, 1.54) is 0 Å². The van der Waals surface area contributed by atoms with Crippen molar-refractivity contribution in [3.63, 3.8) is 0 Å². The topological polar surface area (TPSA) is 0 Å². The Morgan fingerprint density at radius 3 is 0.500 bits per heavy atom. The van der Waals surface area contributed by atoms with Gasteiger partial charge in [0.25, 0.3) is 0 Å². The summed E-state index contributed by atoms with van der Waals surface area (Å²) < 4.78 is 79.6. The van der Waals surface area contributed by atoms with Crippen LogP contribution in [0.5, 0.6) is 0 Å². The SMILES string of the molecule is [BaH2].[F][Y]([F])([F])([F])([F])([F])([F])[F]. The summed E-state index contributed by atoms with van der Waals surface area (Å²) in [5.41, 5.74) is 0. The first-order valence-electron chi connectivity index (χ1n) is 1.75. The normalized spacial score (nSPS) is 28.0. The van der Waals surface area contributed by atoms with Gasteiger partial charge in [0, 0.05) is 0 Å². The Kier molecular flexibility index (Phi) is 1.83. The van der Waals surface area contributed by atoms with Gasteiger partial charge in [-0.3, -0.25) is 0 Å². The molecule has 0 spiro atoms. The standard InChI is InChI=1S/Ba.8FH.Y.2H/h;8*1H;;;/q;;;;;;;;;+8;;/p-8. The average Bonchev–Trinajstić information content (AvgIpc) is 0.503. The third-order valence-electron chi connectivity index (χ3n) is 0. The maximum absolute atomic E-state index is 15.4. The second-order valence-electron chi connectivity index (χ2n) is 2.31. The Bertz CT molecular complexity index is 144. The van der Waals surface area contributed by atoms with Crippen molar-refractivity contribution in [3.05, 3.63) is 0 Å². The molecule has 0 heterocycles.